The molecule has 1 aliphatic carbocycles. The zero-order valence-corrected chi connectivity index (χ0v) is 13.6. The molecule has 2 fully saturated rings. The first-order chi connectivity index (χ1) is 10.8. The molecular weight excluding hydrogens is 296 g/mol. The smallest absolute Gasteiger partial charge is 0.322 e. The fourth-order valence-electron chi connectivity index (χ4n) is 3.34. The van der Waals surface area contributed by atoms with Gasteiger partial charge in [0.15, 0.2) is 0 Å². The number of aliphatic hydroxyl groups excluding tert-OH is 1. The average molecular weight is 320 g/mol. The van der Waals surface area contributed by atoms with Crippen molar-refractivity contribution in [2.75, 3.05) is 18.5 Å². The number of benzene rings is 1. The van der Waals surface area contributed by atoms with E-state index in [9.17, 15) is 9.90 Å². The molecule has 1 saturated heterocycles. The quantitative estimate of drug-likeness (QED) is 0.889. The van der Waals surface area contributed by atoms with Gasteiger partial charge in [0, 0.05) is 16.7 Å². The summed E-state index contributed by atoms with van der Waals surface area (Å²) in [4.78, 5) is 15.4. The van der Waals surface area contributed by atoms with Crippen LogP contribution in [0.2, 0.25) is 0 Å². The molecule has 1 saturated carbocycles. The number of urea groups is 1. The van der Waals surface area contributed by atoms with Crippen LogP contribution in [0.15, 0.2) is 29.2 Å². The third kappa shape index (κ3) is 3.58. The lowest BCUT2D eigenvalue weighted by atomic mass is 10.2. The van der Waals surface area contributed by atoms with Crippen molar-refractivity contribution in [3.05, 3.63) is 24.3 Å². The highest BCUT2D eigenvalue weighted by Gasteiger charge is 2.28. The first-order valence-electron chi connectivity index (χ1n) is 8.22. The van der Waals surface area contributed by atoms with Gasteiger partial charge in [0.25, 0.3) is 0 Å². The van der Waals surface area contributed by atoms with Gasteiger partial charge in [-0.25, -0.2) is 4.79 Å². The lowest BCUT2D eigenvalue weighted by Gasteiger charge is -2.24. The Labute approximate surface area is 136 Å². The standard InChI is InChI=1S/C17H24N2O2S/c20-12-13-6-5-11-19(13)17(21)18-15-9-3-4-10-16(15)22-14-7-1-2-8-14/h3-4,9-10,13-14,20H,1-2,5-8,11-12H2,(H,18,21). The van der Waals surface area contributed by atoms with Crippen molar-refractivity contribution in [1.29, 1.82) is 0 Å². The van der Waals surface area contributed by atoms with Gasteiger partial charge in [-0.3, -0.25) is 0 Å². The van der Waals surface area contributed by atoms with Gasteiger partial charge in [-0.2, -0.15) is 0 Å². The van der Waals surface area contributed by atoms with Crippen LogP contribution < -0.4 is 5.32 Å². The molecule has 1 aliphatic heterocycles. The molecule has 120 valence electrons. The number of nitrogens with zero attached hydrogens (tertiary/aromatic N) is 1. The number of thioether (sulfide) groups is 1. The zero-order valence-electron chi connectivity index (χ0n) is 12.8. The normalized spacial score (nSPS) is 22.2. The summed E-state index contributed by atoms with van der Waals surface area (Å²) in [5, 5.41) is 13.1. The van der Waals surface area contributed by atoms with Crippen LogP contribution in [0.3, 0.4) is 0 Å². The molecule has 22 heavy (non-hydrogen) atoms. The molecule has 2 N–H and O–H groups in total. The number of carbonyl (C=O) groups is 1. The Balaban J connectivity index is 1.67. The second kappa shape index (κ2) is 7.38. The summed E-state index contributed by atoms with van der Waals surface area (Å²) in [6.07, 6.45) is 7.03. The monoisotopic (exact) mass is 320 g/mol. The number of rotatable bonds is 4. The van der Waals surface area contributed by atoms with E-state index in [0.717, 1.165) is 30.0 Å². The number of aliphatic hydroxyl groups is 1. The summed E-state index contributed by atoms with van der Waals surface area (Å²) < 4.78 is 0. The van der Waals surface area contributed by atoms with Crippen LogP contribution in [-0.4, -0.2) is 40.5 Å². The van der Waals surface area contributed by atoms with Crippen LogP contribution in [0, 0.1) is 0 Å². The van der Waals surface area contributed by atoms with Crippen molar-refractivity contribution in [1.82, 2.24) is 4.90 Å². The number of hydrogen-bond acceptors (Lipinski definition) is 3. The Morgan fingerprint density at radius 1 is 1.23 bits per heavy atom. The molecular formula is C17H24N2O2S. The van der Waals surface area contributed by atoms with Crippen molar-refractivity contribution in [3.63, 3.8) is 0 Å². The summed E-state index contributed by atoms with van der Waals surface area (Å²) in [6, 6.07) is 7.93. The molecule has 0 bridgehead atoms. The van der Waals surface area contributed by atoms with Crippen LogP contribution in [0.5, 0.6) is 0 Å². The molecule has 2 amide bonds. The predicted octanol–water partition coefficient (Wildman–Crippen LogP) is 3.71. The minimum absolute atomic E-state index is 0.0327. The highest BCUT2D eigenvalue weighted by molar-refractivity contribution is 8.00. The number of amides is 2. The first kappa shape index (κ1) is 15.7. The van der Waals surface area contributed by atoms with E-state index < -0.39 is 0 Å². The molecule has 1 aromatic carbocycles. The van der Waals surface area contributed by atoms with Gasteiger partial charge in [0.1, 0.15) is 0 Å². The van der Waals surface area contributed by atoms with Crippen molar-refractivity contribution in [2.45, 2.75) is 54.7 Å². The lowest BCUT2D eigenvalue weighted by Crippen LogP contribution is -2.40. The van der Waals surface area contributed by atoms with E-state index in [1.54, 1.807) is 4.90 Å². The molecule has 4 nitrogen and oxygen atoms in total. The highest BCUT2D eigenvalue weighted by atomic mass is 32.2. The minimum atomic E-state index is -0.0870. The van der Waals surface area contributed by atoms with E-state index in [-0.39, 0.29) is 18.7 Å². The maximum Gasteiger partial charge on any atom is 0.322 e. The third-order valence-electron chi connectivity index (χ3n) is 4.57. The number of carbonyl (C=O) groups excluding carboxylic acids is 1. The summed E-state index contributed by atoms with van der Waals surface area (Å²) in [7, 11) is 0. The molecule has 0 radical (unpaired) electrons. The topological polar surface area (TPSA) is 52.6 Å². The lowest BCUT2D eigenvalue weighted by molar-refractivity contribution is 0.166. The van der Waals surface area contributed by atoms with Gasteiger partial charge in [-0.05, 0) is 37.8 Å². The first-order valence-corrected chi connectivity index (χ1v) is 9.10. The Morgan fingerprint density at radius 3 is 2.77 bits per heavy atom. The zero-order chi connectivity index (χ0) is 15.4. The van der Waals surface area contributed by atoms with E-state index in [2.05, 4.69) is 11.4 Å². The molecule has 3 rings (SSSR count). The van der Waals surface area contributed by atoms with Crippen LogP contribution in [0.25, 0.3) is 0 Å². The van der Waals surface area contributed by atoms with E-state index in [1.807, 2.05) is 30.0 Å². The van der Waals surface area contributed by atoms with E-state index in [0.29, 0.717) is 5.25 Å². The molecule has 1 unspecified atom stereocenters. The Hall–Kier alpha value is -1.20. The molecule has 0 spiro atoms. The van der Waals surface area contributed by atoms with Crippen molar-refractivity contribution in [3.8, 4) is 0 Å². The molecule has 1 heterocycles. The molecule has 0 aromatic heterocycles. The molecule has 1 atom stereocenters. The predicted molar refractivity (Wildman–Crippen MR) is 90.4 cm³/mol. The summed E-state index contributed by atoms with van der Waals surface area (Å²) in [6.45, 7) is 0.779. The maximum atomic E-state index is 12.5. The van der Waals surface area contributed by atoms with Gasteiger partial charge in [-0.15, -0.1) is 11.8 Å². The number of likely N-dealkylation sites (tertiary alicyclic amines) is 1. The second-order valence-corrected chi connectivity index (χ2v) is 7.46. The summed E-state index contributed by atoms with van der Waals surface area (Å²) >= 11 is 1.89. The fourth-order valence-corrected chi connectivity index (χ4v) is 4.67. The minimum Gasteiger partial charge on any atom is -0.394 e. The summed E-state index contributed by atoms with van der Waals surface area (Å²) in [5.74, 6) is 0. The average Bonchev–Trinajstić information content (AvgIpc) is 3.20. The van der Waals surface area contributed by atoms with Gasteiger partial charge >= 0.3 is 6.03 Å². The van der Waals surface area contributed by atoms with Crippen molar-refractivity contribution >= 4 is 23.5 Å². The van der Waals surface area contributed by atoms with Gasteiger partial charge in [-0.1, -0.05) is 25.0 Å². The van der Waals surface area contributed by atoms with E-state index >= 15 is 0 Å². The largest absolute Gasteiger partial charge is 0.394 e. The number of nitrogens with one attached hydrogen (secondary N) is 1. The Kier molecular flexibility index (Phi) is 5.26. The van der Waals surface area contributed by atoms with Crippen LogP contribution >= 0.6 is 11.8 Å². The van der Waals surface area contributed by atoms with E-state index in [4.69, 9.17) is 0 Å². The molecule has 1 aromatic rings. The number of hydrogen-bond donors (Lipinski definition) is 2. The number of anilines is 1. The van der Waals surface area contributed by atoms with Gasteiger partial charge < -0.3 is 15.3 Å². The molecule has 2 aliphatic rings. The highest BCUT2D eigenvalue weighted by Crippen LogP contribution is 2.38. The second-order valence-electron chi connectivity index (χ2n) is 6.12. The van der Waals surface area contributed by atoms with Crippen LogP contribution in [0.1, 0.15) is 38.5 Å². The van der Waals surface area contributed by atoms with Crippen molar-refractivity contribution in [2.24, 2.45) is 0 Å². The fraction of sp³-hybridized carbons (Fsp3) is 0.588. The summed E-state index contributed by atoms with van der Waals surface area (Å²) in [5.41, 5.74) is 0.896. The maximum absolute atomic E-state index is 12.5. The van der Waals surface area contributed by atoms with Crippen LogP contribution in [-0.2, 0) is 0 Å². The third-order valence-corrected chi connectivity index (χ3v) is 5.99. The SMILES string of the molecule is O=C(Nc1ccccc1SC1CCCC1)N1CCCC1CO. The van der Waals surface area contributed by atoms with Crippen LogP contribution in [0.4, 0.5) is 10.5 Å². The Bertz CT molecular complexity index is 517. The van der Waals surface area contributed by atoms with Gasteiger partial charge in [0.05, 0.1) is 18.3 Å². The van der Waals surface area contributed by atoms with Crippen molar-refractivity contribution < 1.29 is 9.90 Å². The van der Waals surface area contributed by atoms with Gasteiger partial charge in [0.2, 0.25) is 0 Å². The van der Waals surface area contributed by atoms with E-state index in [1.165, 1.54) is 25.7 Å². The number of para-hydroxylation sites is 1. The Morgan fingerprint density at radius 2 is 2.00 bits per heavy atom. The molecule has 5 heteroatoms.